The Kier molecular flexibility index (Phi) is 5.30. The number of nitrogens with two attached hydrogens (primary N) is 1. The van der Waals surface area contributed by atoms with Crippen LogP contribution in [0.1, 0.15) is 25.0 Å². The number of rotatable bonds is 5. The van der Waals surface area contributed by atoms with Crippen LogP contribution in [0.2, 0.25) is 0 Å². The van der Waals surface area contributed by atoms with Gasteiger partial charge in [-0.1, -0.05) is 12.2 Å². The Balaban J connectivity index is 2.81. The van der Waals surface area contributed by atoms with Crippen molar-refractivity contribution < 1.29 is 4.79 Å². The number of aryl methyl sites for hydroxylation is 1. The largest absolute Gasteiger partial charge is 0.389 e. The van der Waals surface area contributed by atoms with Crippen molar-refractivity contribution in [2.24, 2.45) is 5.73 Å². The van der Waals surface area contributed by atoms with Crippen LogP contribution in [0.4, 0.5) is 5.69 Å². The fourth-order valence-electron chi connectivity index (χ4n) is 1.83. The number of hydrogen-bond donors (Lipinski definition) is 2. The van der Waals surface area contributed by atoms with E-state index >= 15 is 0 Å². The minimum atomic E-state index is -0.264. The SMILES string of the molecule is CCN(C)C(=O)C(C)Nc1ccc(C(N)=S)c(C)c1. The van der Waals surface area contributed by atoms with E-state index in [0.717, 1.165) is 16.8 Å². The summed E-state index contributed by atoms with van der Waals surface area (Å²) >= 11 is 4.97. The number of anilines is 1. The molecule has 0 aliphatic heterocycles. The number of thiocarbonyl (C=S) groups is 1. The standard InChI is InChI=1S/C14H21N3OS/c1-5-17(4)14(18)10(3)16-11-6-7-12(13(15)19)9(2)8-11/h6-8,10,16H,5H2,1-4H3,(H2,15,19). The van der Waals surface area contributed by atoms with E-state index in [1.54, 1.807) is 11.9 Å². The molecule has 3 N–H and O–H groups in total. The Morgan fingerprint density at radius 1 is 1.53 bits per heavy atom. The molecule has 0 aromatic heterocycles. The summed E-state index contributed by atoms with van der Waals surface area (Å²) in [6.45, 7) is 6.45. The van der Waals surface area contributed by atoms with Gasteiger partial charge in [-0.15, -0.1) is 0 Å². The third-order valence-electron chi connectivity index (χ3n) is 3.10. The number of likely N-dealkylation sites (N-methyl/N-ethyl adjacent to an activating group) is 1. The molecule has 0 saturated heterocycles. The normalized spacial score (nSPS) is 11.8. The number of carbonyl (C=O) groups excluding carboxylic acids is 1. The van der Waals surface area contributed by atoms with Gasteiger partial charge in [0.05, 0.1) is 0 Å². The Bertz CT molecular complexity index is 488. The summed E-state index contributed by atoms with van der Waals surface area (Å²) in [6, 6.07) is 5.45. The lowest BCUT2D eigenvalue weighted by molar-refractivity contribution is -0.130. The summed E-state index contributed by atoms with van der Waals surface area (Å²) in [4.78, 5) is 14.0. The van der Waals surface area contributed by atoms with Crippen LogP contribution in [-0.4, -0.2) is 35.4 Å². The van der Waals surface area contributed by atoms with Gasteiger partial charge >= 0.3 is 0 Å². The van der Waals surface area contributed by atoms with E-state index in [-0.39, 0.29) is 11.9 Å². The summed E-state index contributed by atoms with van der Waals surface area (Å²) in [6.07, 6.45) is 0. The monoisotopic (exact) mass is 279 g/mol. The molecule has 19 heavy (non-hydrogen) atoms. The molecule has 5 heteroatoms. The van der Waals surface area contributed by atoms with Crippen molar-refractivity contribution in [3.8, 4) is 0 Å². The van der Waals surface area contributed by atoms with E-state index < -0.39 is 0 Å². The number of nitrogens with zero attached hydrogens (tertiary/aromatic N) is 1. The maximum absolute atomic E-state index is 12.0. The van der Waals surface area contributed by atoms with Crippen molar-refractivity contribution in [3.63, 3.8) is 0 Å². The molecule has 0 heterocycles. The highest BCUT2D eigenvalue weighted by atomic mass is 32.1. The average molecular weight is 279 g/mol. The first kappa shape index (κ1) is 15.4. The van der Waals surface area contributed by atoms with Crippen LogP contribution < -0.4 is 11.1 Å². The second-order valence-corrected chi connectivity index (χ2v) is 5.05. The number of nitrogens with one attached hydrogen (secondary N) is 1. The summed E-state index contributed by atoms with van der Waals surface area (Å²) in [5, 5.41) is 3.19. The van der Waals surface area contributed by atoms with Crippen molar-refractivity contribution in [3.05, 3.63) is 29.3 Å². The molecular weight excluding hydrogens is 258 g/mol. The second-order valence-electron chi connectivity index (χ2n) is 4.61. The molecule has 1 unspecified atom stereocenters. The van der Waals surface area contributed by atoms with Crippen LogP contribution in [0.15, 0.2) is 18.2 Å². The molecule has 0 fully saturated rings. The molecule has 1 aromatic rings. The molecular formula is C14H21N3OS. The quantitative estimate of drug-likeness (QED) is 0.808. The van der Waals surface area contributed by atoms with Crippen LogP contribution in [0.5, 0.6) is 0 Å². The first-order valence-corrected chi connectivity index (χ1v) is 6.69. The van der Waals surface area contributed by atoms with E-state index in [4.69, 9.17) is 18.0 Å². The van der Waals surface area contributed by atoms with E-state index in [1.807, 2.05) is 39.0 Å². The van der Waals surface area contributed by atoms with Crippen LogP contribution in [0, 0.1) is 6.92 Å². The zero-order valence-corrected chi connectivity index (χ0v) is 12.7. The van der Waals surface area contributed by atoms with Crippen LogP contribution in [-0.2, 0) is 4.79 Å². The molecule has 1 aromatic carbocycles. The summed E-state index contributed by atoms with van der Waals surface area (Å²) < 4.78 is 0. The Morgan fingerprint density at radius 2 is 2.16 bits per heavy atom. The Labute approximate surface area is 120 Å². The van der Waals surface area contributed by atoms with Crippen molar-refractivity contribution in [2.45, 2.75) is 26.8 Å². The van der Waals surface area contributed by atoms with Gasteiger partial charge in [0.2, 0.25) is 5.91 Å². The molecule has 4 nitrogen and oxygen atoms in total. The maximum atomic E-state index is 12.0. The zero-order chi connectivity index (χ0) is 14.6. The lowest BCUT2D eigenvalue weighted by atomic mass is 10.1. The van der Waals surface area contributed by atoms with Crippen LogP contribution in [0.25, 0.3) is 0 Å². The predicted octanol–water partition coefficient (Wildman–Crippen LogP) is 1.91. The van der Waals surface area contributed by atoms with Gasteiger partial charge in [0.1, 0.15) is 11.0 Å². The van der Waals surface area contributed by atoms with Gasteiger partial charge in [-0.2, -0.15) is 0 Å². The Morgan fingerprint density at radius 3 is 2.63 bits per heavy atom. The van der Waals surface area contributed by atoms with E-state index in [9.17, 15) is 4.79 Å². The topological polar surface area (TPSA) is 58.4 Å². The average Bonchev–Trinajstić information content (AvgIpc) is 2.36. The highest BCUT2D eigenvalue weighted by Gasteiger charge is 2.16. The third-order valence-corrected chi connectivity index (χ3v) is 3.32. The summed E-state index contributed by atoms with van der Waals surface area (Å²) in [5.41, 5.74) is 8.38. The summed E-state index contributed by atoms with van der Waals surface area (Å²) in [5.74, 6) is 0.0681. The van der Waals surface area contributed by atoms with Gasteiger partial charge in [0.25, 0.3) is 0 Å². The minimum absolute atomic E-state index is 0.0681. The molecule has 0 aliphatic carbocycles. The fourth-order valence-corrected chi connectivity index (χ4v) is 2.06. The summed E-state index contributed by atoms with van der Waals surface area (Å²) in [7, 11) is 1.79. The smallest absolute Gasteiger partial charge is 0.244 e. The van der Waals surface area contributed by atoms with Crippen molar-refractivity contribution in [1.29, 1.82) is 0 Å². The lowest BCUT2D eigenvalue weighted by Gasteiger charge is -2.21. The minimum Gasteiger partial charge on any atom is -0.389 e. The van der Waals surface area contributed by atoms with Crippen LogP contribution >= 0.6 is 12.2 Å². The number of amides is 1. The van der Waals surface area contributed by atoms with Gasteiger partial charge in [0.15, 0.2) is 0 Å². The first-order valence-electron chi connectivity index (χ1n) is 6.28. The fraction of sp³-hybridized carbons (Fsp3) is 0.429. The van der Waals surface area contributed by atoms with Gasteiger partial charge in [-0.05, 0) is 44.5 Å². The van der Waals surface area contributed by atoms with Crippen LogP contribution in [0.3, 0.4) is 0 Å². The maximum Gasteiger partial charge on any atom is 0.244 e. The number of carbonyl (C=O) groups is 1. The zero-order valence-electron chi connectivity index (χ0n) is 11.9. The molecule has 0 radical (unpaired) electrons. The van der Waals surface area contributed by atoms with Crippen molar-refractivity contribution >= 4 is 28.8 Å². The highest BCUT2D eigenvalue weighted by molar-refractivity contribution is 7.80. The first-order chi connectivity index (χ1) is 8.86. The molecule has 0 spiro atoms. The van der Waals surface area contributed by atoms with Gasteiger partial charge in [-0.25, -0.2) is 0 Å². The highest BCUT2D eigenvalue weighted by Crippen LogP contribution is 2.16. The van der Waals surface area contributed by atoms with E-state index in [1.165, 1.54) is 0 Å². The van der Waals surface area contributed by atoms with E-state index in [2.05, 4.69) is 5.32 Å². The van der Waals surface area contributed by atoms with Crippen molar-refractivity contribution in [2.75, 3.05) is 18.9 Å². The number of hydrogen-bond acceptors (Lipinski definition) is 3. The van der Waals surface area contributed by atoms with Crippen molar-refractivity contribution in [1.82, 2.24) is 4.90 Å². The molecule has 104 valence electrons. The van der Waals surface area contributed by atoms with Gasteiger partial charge in [-0.3, -0.25) is 4.79 Å². The predicted molar refractivity (Wildman–Crippen MR) is 83.5 cm³/mol. The molecule has 1 amide bonds. The molecule has 1 rings (SSSR count). The second kappa shape index (κ2) is 6.52. The number of benzene rings is 1. The lowest BCUT2D eigenvalue weighted by Crippen LogP contribution is -2.38. The van der Waals surface area contributed by atoms with Gasteiger partial charge < -0.3 is 16.0 Å². The molecule has 0 aliphatic rings. The van der Waals surface area contributed by atoms with Gasteiger partial charge in [0, 0.05) is 24.8 Å². The molecule has 0 saturated carbocycles. The molecule has 1 atom stereocenters. The Hall–Kier alpha value is -1.62. The van der Waals surface area contributed by atoms with E-state index in [0.29, 0.717) is 11.5 Å². The molecule has 0 bridgehead atoms. The third kappa shape index (κ3) is 3.92.